The number of alkyl carbamates (subject to hydrolysis) is 1. The van der Waals surface area contributed by atoms with Crippen LogP contribution >= 0.6 is 23.4 Å². The van der Waals surface area contributed by atoms with Crippen molar-refractivity contribution in [2.75, 3.05) is 24.4 Å². The first-order valence-corrected chi connectivity index (χ1v) is 13.1. The van der Waals surface area contributed by atoms with Gasteiger partial charge in [-0.1, -0.05) is 54.1 Å². The maximum absolute atomic E-state index is 13.6. The summed E-state index contributed by atoms with van der Waals surface area (Å²) >= 11 is 7.88. The van der Waals surface area contributed by atoms with Gasteiger partial charge in [-0.3, -0.25) is 9.59 Å². The molecule has 2 unspecified atom stereocenters. The van der Waals surface area contributed by atoms with E-state index in [4.69, 9.17) is 16.3 Å². The lowest BCUT2D eigenvalue weighted by atomic mass is 10.0. The molecule has 2 atom stereocenters. The summed E-state index contributed by atoms with van der Waals surface area (Å²) in [6.07, 6.45) is 1.62. The molecule has 0 aliphatic heterocycles. The quantitative estimate of drug-likeness (QED) is 0.461. The lowest BCUT2D eigenvalue weighted by Crippen LogP contribution is -2.51. The van der Waals surface area contributed by atoms with Crippen LogP contribution < -0.4 is 10.6 Å². The van der Waals surface area contributed by atoms with Crippen LogP contribution in [0.25, 0.3) is 0 Å². The molecule has 2 aromatic rings. The highest BCUT2D eigenvalue weighted by Gasteiger charge is 2.34. The first-order valence-electron chi connectivity index (χ1n) is 11.3. The third-order valence-electron chi connectivity index (χ3n) is 5.17. The number of likely N-dealkylation sites (N-methyl/N-ethyl adjacent to an activating group) is 1. The smallest absolute Gasteiger partial charge is 0.408 e. The number of hydrogen-bond donors (Lipinski definition) is 2. The second-order valence-corrected chi connectivity index (χ2v) is 10.6. The molecule has 2 N–H and O–H groups in total. The van der Waals surface area contributed by atoms with E-state index >= 15 is 0 Å². The molecule has 2 aromatic carbocycles. The minimum atomic E-state index is -0.948. The molecule has 9 heteroatoms. The lowest BCUT2D eigenvalue weighted by Gasteiger charge is -2.32. The third kappa shape index (κ3) is 8.47. The number of carbonyl (C=O) groups excluding carboxylic acids is 3. The summed E-state index contributed by atoms with van der Waals surface area (Å²) in [6, 6.07) is 12.5. The van der Waals surface area contributed by atoms with Gasteiger partial charge in [0.2, 0.25) is 5.91 Å². The molecule has 2 rings (SSSR count). The van der Waals surface area contributed by atoms with Crippen LogP contribution in [-0.2, 0) is 14.3 Å². The summed E-state index contributed by atoms with van der Waals surface area (Å²) in [5.41, 5.74) is 1.22. The van der Waals surface area contributed by atoms with Crippen LogP contribution in [-0.4, -0.2) is 53.5 Å². The second-order valence-electron chi connectivity index (χ2n) is 9.16. The first kappa shape index (κ1) is 28.5. The number of nitrogens with one attached hydrogen (secondary N) is 2. The van der Waals surface area contributed by atoms with Crippen LogP contribution in [0.4, 0.5) is 10.5 Å². The molecule has 0 aromatic heterocycles. The zero-order valence-electron chi connectivity index (χ0n) is 21.1. The molecule has 35 heavy (non-hydrogen) atoms. The van der Waals surface area contributed by atoms with Gasteiger partial charge in [-0.15, -0.1) is 0 Å². The molecule has 0 heterocycles. The maximum atomic E-state index is 13.6. The summed E-state index contributed by atoms with van der Waals surface area (Å²) in [5.74, 6) is -0.171. The summed E-state index contributed by atoms with van der Waals surface area (Å²) in [4.78, 5) is 40.9. The van der Waals surface area contributed by atoms with Gasteiger partial charge in [0.1, 0.15) is 17.7 Å². The zero-order valence-corrected chi connectivity index (χ0v) is 22.6. The number of hydrogen-bond acceptors (Lipinski definition) is 5. The van der Waals surface area contributed by atoms with Gasteiger partial charge in [0.05, 0.1) is 10.7 Å². The number of thioether (sulfide) groups is 1. The van der Waals surface area contributed by atoms with Crippen molar-refractivity contribution < 1.29 is 19.1 Å². The van der Waals surface area contributed by atoms with Crippen LogP contribution in [0.1, 0.15) is 44.4 Å². The van der Waals surface area contributed by atoms with Gasteiger partial charge in [-0.05, 0) is 63.3 Å². The van der Waals surface area contributed by atoms with Crippen molar-refractivity contribution >= 4 is 47.0 Å². The summed E-state index contributed by atoms with van der Waals surface area (Å²) in [7, 11) is 1.56. The maximum Gasteiger partial charge on any atom is 0.408 e. The van der Waals surface area contributed by atoms with Crippen LogP contribution in [0, 0.1) is 6.92 Å². The van der Waals surface area contributed by atoms with E-state index in [1.165, 1.54) is 4.90 Å². The molecule has 7 nitrogen and oxygen atoms in total. The van der Waals surface area contributed by atoms with Crippen molar-refractivity contribution in [2.45, 2.75) is 51.8 Å². The Hall–Kier alpha value is -2.71. The molecular weight excluding hydrogens is 486 g/mol. The molecule has 0 bridgehead atoms. The van der Waals surface area contributed by atoms with Gasteiger partial charge in [0, 0.05) is 7.05 Å². The molecular formula is C26H34ClN3O4S. The number of para-hydroxylation sites is 1. The third-order valence-corrected chi connectivity index (χ3v) is 6.13. The van der Waals surface area contributed by atoms with Gasteiger partial charge in [-0.2, -0.15) is 11.8 Å². The van der Waals surface area contributed by atoms with E-state index in [1.807, 2.05) is 25.3 Å². The minimum absolute atomic E-state index is 0.385. The molecule has 0 saturated carbocycles. The Morgan fingerprint density at radius 1 is 1.09 bits per heavy atom. The molecule has 0 fully saturated rings. The fraction of sp³-hybridized carbons (Fsp3) is 0.423. The van der Waals surface area contributed by atoms with Crippen molar-refractivity contribution in [3.05, 3.63) is 64.7 Å². The van der Waals surface area contributed by atoms with Gasteiger partial charge < -0.3 is 20.3 Å². The van der Waals surface area contributed by atoms with E-state index in [9.17, 15) is 14.4 Å². The molecule has 190 valence electrons. The average Bonchev–Trinajstić information content (AvgIpc) is 2.78. The molecule has 0 spiro atoms. The summed E-state index contributed by atoms with van der Waals surface area (Å²) < 4.78 is 5.35. The molecule has 3 amide bonds. The largest absolute Gasteiger partial charge is 0.444 e. The molecule has 0 aliphatic rings. The predicted octanol–water partition coefficient (Wildman–Crippen LogP) is 5.43. The topological polar surface area (TPSA) is 87.7 Å². The van der Waals surface area contributed by atoms with E-state index in [1.54, 1.807) is 76.0 Å². The van der Waals surface area contributed by atoms with E-state index in [0.717, 1.165) is 5.56 Å². The Morgan fingerprint density at radius 3 is 2.31 bits per heavy atom. The molecule has 0 saturated heterocycles. The van der Waals surface area contributed by atoms with Crippen LogP contribution in [0.3, 0.4) is 0 Å². The number of halogens is 1. The van der Waals surface area contributed by atoms with Crippen LogP contribution in [0.5, 0.6) is 0 Å². The van der Waals surface area contributed by atoms with Crippen molar-refractivity contribution in [1.82, 2.24) is 10.2 Å². The highest BCUT2D eigenvalue weighted by atomic mass is 35.5. The van der Waals surface area contributed by atoms with Crippen molar-refractivity contribution in [3.8, 4) is 0 Å². The Kier molecular flexibility index (Phi) is 10.5. The Morgan fingerprint density at radius 2 is 1.74 bits per heavy atom. The fourth-order valence-electron chi connectivity index (χ4n) is 3.48. The fourth-order valence-corrected chi connectivity index (χ4v) is 4.22. The summed E-state index contributed by atoms with van der Waals surface area (Å²) in [5, 5.41) is 5.98. The van der Waals surface area contributed by atoms with Crippen LogP contribution in [0.15, 0.2) is 48.5 Å². The van der Waals surface area contributed by atoms with E-state index in [-0.39, 0.29) is 0 Å². The number of aryl methyl sites for hydroxylation is 1. The normalized spacial score (nSPS) is 12.9. The standard InChI is InChI=1S/C26H34ClN3O4S/c1-17-11-10-14-19(27)21(17)29-23(31)22(18-12-8-7-9-13-18)30(5)24(32)20(15-16-35-6)28-25(33)34-26(2,3)4/h7-14,20,22H,15-16H2,1-6H3,(H,28,33)(H,29,31). The highest BCUT2D eigenvalue weighted by Crippen LogP contribution is 2.29. The van der Waals surface area contributed by atoms with Gasteiger partial charge in [0.25, 0.3) is 5.91 Å². The minimum Gasteiger partial charge on any atom is -0.444 e. The second kappa shape index (κ2) is 12.8. The van der Waals surface area contributed by atoms with Crippen molar-refractivity contribution in [3.63, 3.8) is 0 Å². The number of carbonyl (C=O) groups is 3. The SMILES string of the molecule is CSCCC(NC(=O)OC(C)(C)C)C(=O)N(C)C(C(=O)Nc1c(C)cccc1Cl)c1ccccc1. The molecule has 0 aliphatic carbocycles. The average molecular weight is 520 g/mol. The number of nitrogens with zero attached hydrogens (tertiary/aromatic N) is 1. The van der Waals surface area contributed by atoms with Crippen LogP contribution in [0.2, 0.25) is 5.02 Å². The number of rotatable bonds is 9. The Bertz CT molecular complexity index is 1010. The zero-order chi connectivity index (χ0) is 26.2. The number of ether oxygens (including phenoxy) is 1. The highest BCUT2D eigenvalue weighted by molar-refractivity contribution is 7.98. The lowest BCUT2D eigenvalue weighted by molar-refractivity contribution is -0.139. The van der Waals surface area contributed by atoms with E-state index in [2.05, 4.69) is 10.6 Å². The number of amides is 3. The number of anilines is 1. The Balaban J connectivity index is 2.36. The van der Waals surface area contributed by atoms with E-state index in [0.29, 0.717) is 28.4 Å². The molecule has 0 radical (unpaired) electrons. The van der Waals surface area contributed by atoms with E-state index < -0.39 is 35.6 Å². The summed E-state index contributed by atoms with van der Waals surface area (Å²) in [6.45, 7) is 7.11. The Labute approximate surface area is 216 Å². The van der Waals surface area contributed by atoms with Crippen molar-refractivity contribution in [1.29, 1.82) is 0 Å². The van der Waals surface area contributed by atoms with Gasteiger partial charge in [-0.25, -0.2) is 4.79 Å². The van der Waals surface area contributed by atoms with Gasteiger partial charge >= 0.3 is 6.09 Å². The van der Waals surface area contributed by atoms with Gasteiger partial charge in [0.15, 0.2) is 0 Å². The first-order chi connectivity index (χ1) is 16.4. The predicted molar refractivity (Wildman–Crippen MR) is 143 cm³/mol. The monoisotopic (exact) mass is 519 g/mol. The van der Waals surface area contributed by atoms with Crippen molar-refractivity contribution in [2.24, 2.45) is 0 Å². The number of benzene rings is 2.